The van der Waals surface area contributed by atoms with Crippen LogP contribution in [-0.4, -0.2) is 37.0 Å². The molecule has 0 saturated heterocycles. The highest BCUT2D eigenvalue weighted by Gasteiger charge is 2.18. The number of quaternary nitrogens is 2. The van der Waals surface area contributed by atoms with E-state index in [9.17, 15) is 14.7 Å². The Morgan fingerprint density at radius 3 is 2.05 bits per heavy atom. The summed E-state index contributed by atoms with van der Waals surface area (Å²) in [4.78, 5) is 22.7. The van der Waals surface area contributed by atoms with Gasteiger partial charge in [-0.2, -0.15) is 0 Å². The minimum absolute atomic E-state index is 0.356. The zero-order chi connectivity index (χ0) is 14.7. The van der Waals surface area contributed by atoms with Crippen molar-refractivity contribution in [3.63, 3.8) is 0 Å². The maximum Gasteiger partial charge on any atom is 0.237 e. The van der Waals surface area contributed by atoms with E-state index in [1.807, 2.05) is 0 Å². The Balaban J connectivity index is 4.11. The van der Waals surface area contributed by atoms with Crippen molar-refractivity contribution < 1.29 is 26.2 Å². The summed E-state index contributed by atoms with van der Waals surface area (Å²) < 4.78 is 0. The molecule has 0 aromatic rings. The second-order valence-electron chi connectivity index (χ2n) is 4.69. The van der Waals surface area contributed by atoms with Gasteiger partial charge in [-0.3, -0.25) is 4.79 Å². The molecule has 0 unspecified atom stereocenters. The van der Waals surface area contributed by atoms with E-state index in [4.69, 9.17) is 5.73 Å². The average molecular weight is 275 g/mol. The summed E-state index contributed by atoms with van der Waals surface area (Å²) in [5, 5.41) is 13.4. The van der Waals surface area contributed by atoms with Gasteiger partial charge >= 0.3 is 0 Å². The summed E-state index contributed by atoms with van der Waals surface area (Å²) in [5.41, 5.74) is 13.1. The zero-order valence-corrected chi connectivity index (χ0v) is 11.5. The van der Waals surface area contributed by atoms with Gasteiger partial charge in [-0.1, -0.05) is 0 Å². The van der Waals surface area contributed by atoms with Crippen LogP contribution in [0.2, 0.25) is 0 Å². The molecule has 0 heterocycles. The molecule has 0 aromatic heterocycles. The number of nitrogens with two attached hydrogens (primary N) is 1. The summed E-state index contributed by atoms with van der Waals surface area (Å²) in [7, 11) is 0. The van der Waals surface area contributed by atoms with Crippen molar-refractivity contribution in [3.8, 4) is 0 Å². The van der Waals surface area contributed by atoms with Crippen LogP contribution < -0.4 is 27.6 Å². The molecule has 0 saturated carbocycles. The summed E-state index contributed by atoms with van der Waals surface area (Å²) in [6.07, 6.45) is 4.15. The Morgan fingerprint density at radius 2 is 1.58 bits per heavy atom. The quantitative estimate of drug-likeness (QED) is 0.288. The normalized spacial score (nSPS) is 13.8. The molecule has 0 fully saturated rings. The Bertz CT molecular complexity index is 274. The minimum atomic E-state index is -1.26. The topological polar surface area (TPSA) is 151 Å². The third-order valence-corrected chi connectivity index (χ3v) is 2.95. The van der Waals surface area contributed by atoms with Crippen LogP contribution in [-0.2, 0) is 9.59 Å². The van der Waals surface area contributed by atoms with E-state index in [1.54, 1.807) is 0 Å². The number of hydrogen-bond donors (Lipinski definition) is 4. The first-order valence-corrected chi connectivity index (χ1v) is 6.88. The van der Waals surface area contributed by atoms with Gasteiger partial charge in [-0.25, -0.2) is 0 Å². The molecule has 1 amide bonds. The molecule has 112 valence electrons. The highest BCUT2D eigenvalue weighted by molar-refractivity contribution is 5.86. The molecule has 0 spiro atoms. The second-order valence-corrected chi connectivity index (χ2v) is 4.69. The fourth-order valence-corrected chi connectivity index (χ4v) is 1.73. The number of carbonyl (C=O) groups excluding carboxylic acids is 2. The fraction of sp³-hybridized carbons (Fsp3) is 0.833. The van der Waals surface area contributed by atoms with E-state index in [1.165, 1.54) is 0 Å². The maximum atomic E-state index is 11.7. The molecule has 7 nitrogen and oxygen atoms in total. The molecule has 0 aliphatic carbocycles. The number of unbranched alkanes of at least 4 members (excludes halogenated alkanes) is 2. The van der Waals surface area contributed by atoms with Crippen molar-refractivity contribution in [1.29, 1.82) is 0 Å². The van der Waals surface area contributed by atoms with Gasteiger partial charge in [0, 0.05) is 0 Å². The van der Waals surface area contributed by atoms with Crippen molar-refractivity contribution in [2.75, 3.05) is 13.1 Å². The van der Waals surface area contributed by atoms with Crippen molar-refractivity contribution >= 4 is 11.9 Å². The molecule has 7 heteroatoms. The van der Waals surface area contributed by atoms with Crippen molar-refractivity contribution in [2.45, 2.75) is 50.6 Å². The predicted octanol–water partition coefficient (Wildman–Crippen LogP) is -3.63. The predicted molar refractivity (Wildman–Crippen MR) is 68.1 cm³/mol. The Labute approximate surface area is 113 Å². The van der Waals surface area contributed by atoms with Crippen LogP contribution in [0.15, 0.2) is 0 Å². The Kier molecular flexibility index (Phi) is 10.1. The Hall–Kier alpha value is -1.18. The number of amides is 1. The summed E-state index contributed by atoms with van der Waals surface area (Å²) in [6.45, 7) is 1.55. The molecule has 2 atom stereocenters. The third-order valence-electron chi connectivity index (χ3n) is 2.95. The number of carbonyl (C=O) groups is 2. The molecule has 0 radical (unpaired) electrons. The van der Waals surface area contributed by atoms with Gasteiger partial charge in [0.15, 0.2) is 0 Å². The standard InChI is InChI=1S/C12H26N4O3/c13-7-3-1-5-9(15)11(17)16-10(12(18)19)6-2-4-8-14/h9-10H,1-8,13-15H2,(H,16,17)(H,18,19)/p+1/t9-,10-/m0/s1. The summed E-state index contributed by atoms with van der Waals surface area (Å²) >= 11 is 0. The average Bonchev–Trinajstić information content (AvgIpc) is 2.37. The molecule has 0 aliphatic rings. The van der Waals surface area contributed by atoms with Crippen LogP contribution in [0, 0.1) is 0 Å². The first-order valence-electron chi connectivity index (χ1n) is 6.88. The van der Waals surface area contributed by atoms with Gasteiger partial charge in [-0.05, 0) is 38.5 Å². The third kappa shape index (κ3) is 8.52. The van der Waals surface area contributed by atoms with Gasteiger partial charge in [-0.15, -0.1) is 0 Å². The monoisotopic (exact) mass is 275 g/mol. The van der Waals surface area contributed by atoms with Crippen LogP contribution in [0.25, 0.3) is 0 Å². The van der Waals surface area contributed by atoms with Crippen molar-refractivity contribution in [2.24, 2.45) is 5.73 Å². The molecule has 0 rings (SSSR count). The second kappa shape index (κ2) is 10.7. The van der Waals surface area contributed by atoms with E-state index < -0.39 is 24.0 Å². The molecule has 9 N–H and O–H groups in total. The summed E-state index contributed by atoms with van der Waals surface area (Å²) in [5.74, 6) is -1.68. The van der Waals surface area contributed by atoms with Gasteiger partial charge in [0.05, 0.1) is 31.1 Å². The van der Waals surface area contributed by atoms with E-state index >= 15 is 0 Å². The molecule has 0 bridgehead atoms. The number of carboxylic acid groups (broad SMARTS) is 1. The first kappa shape index (κ1) is 17.8. The van der Waals surface area contributed by atoms with Gasteiger partial charge in [0.25, 0.3) is 0 Å². The number of rotatable bonds is 11. The smallest absolute Gasteiger partial charge is 0.237 e. The van der Waals surface area contributed by atoms with Crippen LogP contribution in [0.5, 0.6) is 0 Å². The number of aliphatic carboxylic acids is 1. The lowest BCUT2D eigenvalue weighted by Gasteiger charge is -2.21. The lowest BCUT2D eigenvalue weighted by molar-refractivity contribution is -0.369. The molecule has 19 heavy (non-hydrogen) atoms. The van der Waals surface area contributed by atoms with E-state index in [2.05, 4.69) is 16.8 Å². The van der Waals surface area contributed by atoms with Gasteiger partial charge in [0.2, 0.25) is 5.91 Å². The first-order chi connectivity index (χ1) is 9.02. The summed E-state index contributed by atoms with van der Waals surface area (Å²) in [6, 6.07) is -1.63. The largest absolute Gasteiger partial charge is 0.548 e. The zero-order valence-electron chi connectivity index (χ0n) is 11.5. The fourth-order valence-electron chi connectivity index (χ4n) is 1.73. The maximum absolute atomic E-state index is 11.7. The van der Waals surface area contributed by atoms with Crippen molar-refractivity contribution in [1.82, 2.24) is 5.32 Å². The highest BCUT2D eigenvalue weighted by Crippen LogP contribution is 2.02. The van der Waals surface area contributed by atoms with Crippen molar-refractivity contribution in [3.05, 3.63) is 0 Å². The number of hydrogen-bond acceptors (Lipinski definition) is 4. The molecular weight excluding hydrogens is 248 g/mol. The molecule has 0 aliphatic heterocycles. The van der Waals surface area contributed by atoms with Crippen LogP contribution in [0.4, 0.5) is 0 Å². The Morgan fingerprint density at radius 1 is 1.05 bits per heavy atom. The lowest BCUT2D eigenvalue weighted by atomic mass is 10.1. The van der Waals surface area contributed by atoms with Gasteiger partial charge in [0.1, 0.15) is 0 Å². The molecule has 0 aromatic carbocycles. The van der Waals surface area contributed by atoms with Crippen LogP contribution in [0.1, 0.15) is 38.5 Å². The van der Waals surface area contributed by atoms with Crippen LogP contribution in [0.3, 0.4) is 0 Å². The molecular formula is C12H27N4O3+. The SMILES string of the molecule is N[C@@H](CCCC[NH3+])C(=O)N[C@@H](CCCC[NH3+])C(=O)[O-]. The number of nitrogens with one attached hydrogen (secondary N) is 1. The van der Waals surface area contributed by atoms with E-state index in [0.717, 1.165) is 32.4 Å². The number of carboxylic acids is 1. The lowest BCUT2D eigenvalue weighted by Crippen LogP contribution is -2.53. The minimum Gasteiger partial charge on any atom is -0.548 e. The van der Waals surface area contributed by atoms with Crippen LogP contribution >= 0.6 is 0 Å². The van der Waals surface area contributed by atoms with E-state index in [-0.39, 0.29) is 0 Å². The van der Waals surface area contributed by atoms with Gasteiger partial charge < -0.3 is 32.4 Å². The highest BCUT2D eigenvalue weighted by atomic mass is 16.4. The van der Waals surface area contributed by atoms with E-state index in [0.29, 0.717) is 19.3 Å².